The van der Waals surface area contributed by atoms with Crippen LogP contribution in [0.4, 0.5) is 0 Å². The fourth-order valence-electron chi connectivity index (χ4n) is 5.55. The minimum absolute atomic E-state index is 0.527. The van der Waals surface area contributed by atoms with Gasteiger partial charge in [0.15, 0.2) is 0 Å². The maximum Gasteiger partial charge on any atom is 0.0991 e. The number of para-hydroxylation sites is 2. The molecule has 0 radical (unpaired) electrons. The second-order valence-corrected chi connectivity index (χ2v) is 8.03. The average molecular weight is 393 g/mol. The van der Waals surface area contributed by atoms with Gasteiger partial charge in [-0.1, -0.05) is 36.4 Å². The van der Waals surface area contributed by atoms with Crippen LogP contribution in [0.25, 0.3) is 21.8 Å². The summed E-state index contributed by atoms with van der Waals surface area (Å²) in [6.07, 6.45) is 0.686. The molecule has 0 fully saturated rings. The van der Waals surface area contributed by atoms with Crippen LogP contribution in [0.1, 0.15) is 55.8 Å². The van der Waals surface area contributed by atoms with Gasteiger partial charge in [-0.25, -0.2) is 0 Å². The standard InChI is InChI=1S/C25H26N2O2/c1-28-22-11-13-26-20-9-5-3-7-16(20)18(24(22)26)15-19-17-8-4-6-10-21(17)27-14-12-23(29-2)25(19)27/h3-10,22-23H,11-15H2,1-2H3/i1D3,2D3. The molecule has 4 heterocycles. The van der Waals surface area contributed by atoms with E-state index in [0.717, 1.165) is 44.3 Å². The topological polar surface area (TPSA) is 28.3 Å². The molecule has 0 bridgehead atoms. The van der Waals surface area contributed by atoms with Crippen LogP contribution in [0.3, 0.4) is 0 Å². The van der Waals surface area contributed by atoms with Crippen LogP contribution in [0, 0.1) is 0 Å². The van der Waals surface area contributed by atoms with E-state index in [4.69, 9.17) is 17.7 Å². The van der Waals surface area contributed by atoms with Gasteiger partial charge in [0.2, 0.25) is 0 Å². The van der Waals surface area contributed by atoms with Gasteiger partial charge in [0, 0.05) is 55.4 Å². The molecule has 0 spiro atoms. The summed E-state index contributed by atoms with van der Waals surface area (Å²) in [7, 11) is -4.98. The number of rotatable bonds is 4. The normalized spacial score (nSPS) is 24.6. The highest BCUT2D eigenvalue weighted by atomic mass is 16.5. The number of benzene rings is 2. The number of aromatic nitrogens is 2. The first-order valence-electron chi connectivity index (χ1n) is 13.2. The zero-order chi connectivity index (χ0) is 24.5. The predicted octanol–water partition coefficient (Wildman–Crippen LogP) is 5.37. The van der Waals surface area contributed by atoms with Gasteiger partial charge in [-0.05, 0) is 36.1 Å². The number of ether oxygens (including phenoxy) is 2. The average Bonchev–Trinajstić information content (AvgIpc) is 3.50. The first-order chi connectivity index (χ1) is 16.6. The van der Waals surface area contributed by atoms with E-state index in [0.29, 0.717) is 32.4 Å². The largest absolute Gasteiger partial charge is 0.375 e. The van der Waals surface area contributed by atoms with Gasteiger partial charge in [-0.2, -0.15) is 0 Å². The van der Waals surface area contributed by atoms with Crippen LogP contribution in [-0.4, -0.2) is 23.2 Å². The fraction of sp³-hybridized carbons (Fsp3) is 0.360. The number of hydrogen-bond acceptors (Lipinski definition) is 2. The highest BCUT2D eigenvalue weighted by Gasteiger charge is 2.33. The van der Waals surface area contributed by atoms with E-state index >= 15 is 0 Å². The van der Waals surface area contributed by atoms with Crippen molar-refractivity contribution < 1.29 is 17.7 Å². The molecule has 4 nitrogen and oxygen atoms in total. The van der Waals surface area contributed by atoms with Crippen molar-refractivity contribution in [1.82, 2.24) is 9.13 Å². The third-order valence-corrected chi connectivity index (χ3v) is 6.72. The van der Waals surface area contributed by atoms with Crippen molar-refractivity contribution in [2.24, 2.45) is 0 Å². The van der Waals surface area contributed by atoms with E-state index in [1.165, 1.54) is 0 Å². The second-order valence-electron chi connectivity index (χ2n) is 8.03. The molecule has 2 unspecified atom stereocenters. The van der Waals surface area contributed by atoms with Crippen LogP contribution in [-0.2, 0) is 29.0 Å². The molecule has 0 amide bonds. The van der Waals surface area contributed by atoms with Crippen LogP contribution in [0.2, 0.25) is 0 Å². The maximum absolute atomic E-state index is 7.69. The van der Waals surface area contributed by atoms with Crippen molar-refractivity contribution in [3.05, 3.63) is 71.0 Å². The Morgan fingerprint density at radius 1 is 0.793 bits per heavy atom. The Balaban J connectivity index is 1.53. The van der Waals surface area contributed by atoms with Crippen molar-refractivity contribution in [2.45, 2.75) is 44.6 Å². The SMILES string of the molecule is [2H]C([2H])([2H])OC1CCn2c1c(Cc1c3n(c4ccccc14)CCC3OC([2H])([2H])[2H])c1ccccc12. The molecule has 148 valence electrons. The fourth-order valence-corrected chi connectivity index (χ4v) is 5.55. The Kier molecular flexibility index (Phi) is 2.73. The summed E-state index contributed by atoms with van der Waals surface area (Å²) in [5.74, 6) is 0. The first-order valence-corrected chi connectivity index (χ1v) is 10.2. The summed E-state index contributed by atoms with van der Waals surface area (Å²) in [6, 6.07) is 16.2. The Labute approximate surface area is 179 Å². The Morgan fingerprint density at radius 3 is 1.76 bits per heavy atom. The number of fused-ring (bicyclic) bond motifs is 6. The summed E-state index contributed by atoms with van der Waals surface area (Å²) in [4.78, 5) is 0. The van der Waals surface area contributed by atoms with Crippen LogP contribution < -0.4 is 0 Å². The summed E-state index contributed by atoms with van der Waals surface area (Å²) < 4.78 is 61.6. The number of hydrogen-bond donors (Lipinski definition) is 0. The highest BCUT2D eigenvalue weighted by Crippen LogP contribution is 2.44. The maximum atomic E-state index is 7.69. The van der Waals surface area contributed by atoms with E-state index in [2.05, 4.69) is 33.4 Å². The quantitative estimate of drug-likeness (QED) is 0.467. The summed E-state index contributed by atoms with van der Waals surface area (Å²) in [6.45, 7) is 1.38. The molecule has 2 aromatic heterocycles. The molecule has 0 aliphatic carbocycles. The monoisotopic (exact) mass is 392 g/mol. The van der Waals surface area contributed by atoms with Crippen molar-refractivity contribution >= 4 is 21.8 Å². The molecule has 4 aromatic rings. The van der Waals surface area contributed by atoms with E-state index in [1.54, 1.807) is 0 Å². The van der Waals surface area contributed by atoms with Gasteiger partial charge in [-0.3, -0.25) is 0 Å². The zero-order valence-electron chi connectivity index (χ0n) is 22.0. The van der Waals surface area contributed by atoms with Gasteiger partial charge < -0.3 is 18.6 Å². The van der Waals surface area contributed by atoms with Crippen LogP contribution in [0.5, 0.6) is 0 Å². The van der Waals surface area contributed by atoms with Crippen molar-refractivity contribution in [2.75, 3.05) is 14.1 Å². The minimum Gasteiger partial charge on any atom is -0.375 e. The summed E-state index contributed by atoms with van der Waals surface area (Å²) in [5, 5.41) is 2.13. The molecule has 6 rings (SSSR count). The third kappa shape index (κ3) is 2.33. The smallest absolute Gasteiger partial charge is 0.0991 e. The molecular formula is C25H26N2O2. The third-order valence-electron chi connectivity index (χ3n) is 6.72. The lowest BCUT2D eigenvalue weighted by molar-refractivity contribution is 0.104. The van der Waals surface area contributed by atoms with Crippen molar-refractivity contribution in [1.29, 1.82) is 0 Å². The molecular weight excluding hydrogens is 360 g/mol. The van der Waals surface area contributed by atoms with E-state index < -0.39 is 26.3 Å². The molecule has 4 heteroatoms. The van der Waals surface area contributed by atoms with Crippen molar-refractivity contribution in [3.8, 4) is 0 Å². The van der Waals surface area contributed by atoms with E-state index in [1.807, 2.05) is 24.3 Å². The van der Waals surface area contributed by atoms with Crippen molar-refractivity contribution in [3.63, 3.8) is 0 Å². The van der Waals surface area contributed by atoms with E-state index in [9.17, 15) is 0 Å². The van der Waals surface area contributed by atoms with Gasteiger partial charge in [0.1, 0.15) is 0 Å². The predicted molar refractivity (Wildman–Crippen MR) is 115 cm³/mol. The molecule has 29 heavy (non-hydrogen) atoms. The molecule has 2 aliphatic heterocycles. The number of methoxy groups -OCH3 is 2. The Bertz CT molecular complexity index is 1320. The van der Waals surface area contributed by atoms with Crippen LogP contribution >= 0.6 is 0 Å². The molecule has 2 atom stereocenters. The highest BCUT2D eigenvalue weighted by molar-refractivity contribution is 5.90. The lowest BCUT2D eigenvalue weighted by Crippen LogP contribution is -2.04. The second kappa shape index (κ2) is 6.48. The van der Waals surface area contributed by atoms with Crippen LogP contribution in [0.15, 0.2) is 48.5 Å². The molecule has 2 aliphatic rings. The van der Waals surface area contributed by atoms with Gasteiger partial charge in [-0.15, -0.1) is 0 Å². The zero-order valence-corrected chi connectivity index (χ0v) is 16.0. The minimum atomic E-state index is -2.49. The molecule has 2 aromatic carbocycles. The Hall–Kier alpha value is -2.56. The van der Waals surface area contributed by atoms with Gasteiger partial charge >= 0.3 is 0 Å². The van der Waals surface area contributed by atoms with Gasteiger partial charge in [0.05, 0.1) is 31.8 Å². The van der Waals surface area contributed by atoms with E-state index in [-0.39, 0.29) is 0 Å². The number of aryl methyl sites for hydroxylation is 2. The lowest BCUT2D eigenvalue weighted by Gasteiger charge is -2.14. The molecule has 0 saturated heterocycles. The first kappa shape index (κ1) is 12.2. The lowest BCUT2D eigenvalue weighted by atomic mass is 9.96. The summed E-state index contributed by atoms with van der Waals surface area (Å²) >= 11 is 0. The Morgan fingerprint density at radius 2 is 1.28 bits per heavy atom. The number of nitrogens with zero attached hydrogens (tertiary/aromatic N) is 2. The molecule has 0 saturated carbocycles. The molecule has 0 N–H and O–H groups in total. The summed E-state index contributed by atoms with van der Waals surface area (Å²) in [5.41, 5.74) is 5.99. The van der Waals surface area contributed by atoms with Gasteiger partial charge in [0.25, 0.3) is 0 Å².